The summed E-state index contributed by atoms with van der Waals surface area (Å²) in [6, 6.07) is 56.5. The van der Waals surface area contributed by atoms with E-state index in [9.17, 15) is 0 Å². The summed E-state index contributed by atoms with van der Waals surface area (Å²) in [5.74, 6) is 0.840. The molecular formula is C44H26N4S. The molecule has 0 fully saturated rings. The average Bonchev–Trinajstić information content (AvgIpc) is 3.80. The van der Waals surface area contributed by atoms with Crippen LogP contribution in [-0.4, -0.2) is 19.1 Å². The van der Waals surface area contributed by atoms with E-state index in [0.29, 0.717) is 0 Å². The zero-order chi connectivity index (χ0) is 32.1. The van der Waals surface area contributed by atoms with Gasteiger partial charge < -0.3 is 4.57 Å². The quantitative estimate of drug-likeness (QED) is 0.192. The van der Waals surface area contributed by atoms with Crippen LogP contribution in [0.4, 0.5) is 0 Å². The maximum absolute atomic E-state index is 5.54. The summed E-state index contributed by atoms with van der Waals surface area (Å²) in [6.45, 7) is 0. The molecule has 0 aliphatic rings. The predicted molar refractivity (Wildman–Crippen MR) is 207 cm³/mol. The number of rotatable bonds is 3. The van der Waals surface area contributed by atoms with Crippen LogP contribution >= 0.6 is 11.3 Å². The Kier molecular flexibility index (Phi) is 5.51. The molecule has 0 spiro atoms. The highest BCUT2D eigenvalue weighted by atomic mass is 32.1. The molecule has 0 aliphatic heterocycles. The van der Waals surface area contributed by atoms with Crippen molar-refractivity contribution < 1.29 is 0 Å². The van der Waals surface area contributed by atoms with Crippen LogP contribution in [0.5, 0.6) is 0 Å². The van der Waals surface area contributed by atoms with Gasteiger partial charge in [0.25, 0.3) is 0 Å². The van der Waals surface area contributed by atoms with Gasteiger partial charge in [0, 0.05) is 42.9 Å². The first-order valence-corrected chi connectivity index (χ1v) is 17.3. The predicted octanol–water partition coefficient (Wildman–Crippen LogP) is 11.9. The third-order valence-electron chi connectivity index (χ3n) is 9.91. The van der Waals surface area contributed by atoms with Crippen LogP contribution in [0.25, 0.3) is 97.6 Å². The van der Waals surface area contributed by atoms with Crippen LogP contribution < -0.4 is 0 Å². The third-order valence-corrected chi connectivity index (χ3v) is 11.0. The number of thiophene rings is 1. The number of hydrogen-bond acceptors (Lipinski definition) is 3. The molecule has 49 heavy (non-hydrogen) atoms. The molecular weight excluding hydrogens is 617 g/mol. The van der Waals surface area contributed by atoms with Crippen molar-refractivity contribution >= 4 is 86.2 Å². The highest BCUT2D eigenvalue weighted by Gasteiger charge is 2.22. The lowest BCUT2D eigenvalue weighted by atomic mass is 10.1. The molecule has 4 aromatic heterocycles. The lowest BCUT2D eigenvalue weighted by Gasteiger charge is -2.13. The maximum Gasteiger partial charge on any atom is 0.166 e. The molecule has 0 saturated carbocycles. The van der Waals surface area contributed by atoms with Crippen molar-refractivity contribution in [3.8, 4) is 22.8 Å². The second kappa shape index (κ2) is 10.1. The zero-order valence-electron chi connectivity index (χ0n) is 26.2. The van der Waals surface area contributed by atoms with E-state index in [-0.39, 0.29) is 0 Å². The first kappa shape index (κ1) is 26.7. The van der Waals surface area contributed by atoms with Gasteiger partial charge in [-0.2, -0.15) is 0 Å². The van der Waals surface area contributed by atoms with E-state index in [4.69, 9.17) is 9.97 Å². The van der Waals surface area contributed by atoms with Crippen molar-refractivity contribution in [2.24, 2.45) is 0 Å². The van der Waals surface area contributed by atoms with Crippen molar-refractivity contribution in [1.29, 1.82) is 0 Å². The van der Waals surface area contributed by atoms with E-state index in [2.05, 4.69) is 167 Å². The van der Waals surface area contributed by atoms with Gasteiger partial charge in [-0.05, 0) is 65.4 Å². The fourth-order valence-corrected chi connectivity index (χ4v) is 8.74. The molecule has 4 nitrogen and oxygen atoms in total. The van der Waals surface area contributed by atoms with Gasteiger partial charge in [-0.25, -0.2) is 9.97 Å². The van der Waals surface area contributed by atoms with Crippen LogP contribution in [-0.2, 0) is 0 Å². The standard InChI is InChI=1S/C44H26N4S/c1-2-14-30(15-3-1)47-36-19-9-6-16-31(36)34-25-29(22-23-38(34)47)41-43(46-44-42(45-41)33-18-8-11-21-40(33)49-44)48-37-20-10-7-17-32(37)35-24-27-12-4-5-13-28(27)26-39(35)48/h1-26H. The SMILES string of the molecule is c1ccc(-n2c3ccccc3c3cc(-c4nc5c(nc4-n4c6ccccc6c6cc7ccccc7cc64)sc4ccccc45)ccc32)cc1. The summed E-state index contributed by atoms with van der Waals surface area (Å²) in [6.07, 6.45) is 0. The molecule has 7 aromatic carbocycles. The van der Waals surface area contributed by atoms with Crippen molar-refractivity contribution in [1.82, 2.24) is 19.1 Å². The first-order chi connectivity index (χ1) is 24.3. The fraction of sp³-hybridized carbons (Fsp3) is 0. The van der Waals surface area contributed by atoms with E-state index in [1.54, 1.807) is 11.3 Å². The second-order valence-electron chi connectivity index (χ2n) is 12.6. The van der Waals surface area contributed by atoms with Crippen LogP contribution in [0.1, 0.15) is 0 Å². The Morgan fingerprint density at radius 3 is 1.84 bits per heavy atom. The minimum atomic E-state index is 0.840. The van der Waals surface area contributed by atoms with E-state index >= 15 is 0 Å². The van der Waals surface area contributed by atoms with Gasteiger partial charge in [0.1, 0.15) is 16.0 Å². The Morgan fingerprint density at radius 1 is 0.429 bits per heavy atom. The lowest BCUT2D eigenvalue weighted by Crippen LogP contribution is -2.03. The fourth-order valence-electron chi connectivity index (χ4n) is 7.72. The Labute approximate surface area is 284 Å². The number of fused-ring (bicyclic) bond motifs is 10. The van der Waals surface area contributed by atoms with Crippen LogP contribution in [0.15, 0.2) is 158 Å². The van der Waals surface area contributed by atoms with Crippen molar-refractivity contribution in [2.75, 3.05) is 0 Å². The summed E-state index contributed by atoms with van der Waals surface area (Å²) < 4.78 is 5.88. The number of hydrogen-bond donors (Lipinski definition) is 0. The smallest absolute Gasteiger partial charge is 0.166 e. The van der Waals surface area contributed by atoms with Crippen LogP contribution in [0, 0.1) is 0 Å². The van der Waals surface area contributed by atoms with Crippen LogP contribution in [0.2, 0.25) is 0 Å². The number of para-hydroxylation sites is 3. The first-order valence-electron chi connectivity index (χ1n) is 16.5. The van der Waals surface area contributed by atoms with Crippen molar-refractivity contribution in [3.63, 3.8) is 0 Å². The second-order valence-corrected chi connectivity index (χ2v) is 13.7. The van der Waals surface area contributed by atoms with Gasteiger partial charge in [-0.3, -0.25) is 4.57 Å². The molecule has 0 unspecified atom stereocenters. The molecule has 0 radical (unpaired) electrons. The number of benzene rings is 7. The number of aromatic nitrogens is 4. The Bertz CT molecular complexity index is 3110. The average molecular weight is 643 g/mol. The Hall–Kier alpha value is -6.30. The van der Waals surface area contributed by atoms with Gasteiger partial charge >= 0.3 is 0 Å². The molecule has 4 heterocycles. The normalized spacial score (nSPS) is 12.1. The monoisotopic (exact) mass is 642 g/mol. The summed E-state index contributed by atoms with van der Waals surface area (Å²) in [5, 5.41) is 8.37. The molecule has 0 bridgehead atoms. The van der Waals surface area contributed by atoms with Gasteiger partial charge in [0.2, 0.25) is 0 Å². The van der Waals surface area contributed by atoms with E-state index in [1.807, 2.05) is 0 Å². The molecule has 0 aliphatic carbocycles. The van der Waals surface area contributed by atoms with Crippen LogP contribution in [0.3, 0.4) is 0 Å². The maximum atomic E-state index is 5.54. The van der Waals surface area contributed by atoms with Gasteiger partial charge in [-0.1, -0.05) is 103 Å². The van der Waals surface area contributed by atoms with E-state index in [0.717, 1.165) is 55.0 Å². The van der Waals surface area contributed by atoms with Crippen molar-refractivity contribution in [3.05, 3.63) is 158 Å². The molecule has 0 atom stereocenters. The molecule has 11 aromatic rings. The van der Waals surface area contributed by atoms with Crippen molar-refractivity contribution in [2.45, 2.75) is 0 Å². The highest BCUT2D eigenvalue weighted by Crippen LogP contribution is 2.41. The largest absolute Gasteiger partial charge is 0.309 e. The van der Waals surface area contributed by atoms with E-state index in [1.165, 1.54) is 42.5 Å². The zero-order valence-corrected chi connectivity index (χ0v) is 27.0. The molecule has 5 heteroatoms. The Morgan fingerprint density at radius 2 is 1.04 bits per heavy atom. The molecule has 0 amide bonds. The highest BCUT2D eigenvalue weighted by molar-refractivity contribution is 7.25. The summed E-state index contributed by atoms with van der Waals surface area (Å²) in [5.41, 5.74) is 8.57. The third kappa shape index (κ3) is 3.85. The summed E-state index contributed by atoms with van der Waals surface area (Å²) in [4.78, 5) is 12.0. The molecule has 0 N–H and O–H groups in total. The molecule has 0 saturated heterocycles. The molecule has 228 valence electrons. The van der Waals surface area contributed by atoms with Gasteiger partial charge in [-0.15, -0.1) is 11.3 Å². The summed E-state index contributed by atoms with van der Waals surface area (Å²) >= 11 is 1.71. The van der Waals surface area contributed by atoms with Gasteiger partial charge in [0.15, 0.2) is 5.82 Å². The molecule has 11 rings (SSSR count). The van der Waals surface area contributed by atoms with Gasteiger partial charge in [0.05, 0.1) is 22.1 Å². The van der Waals surface area contributed by atoms with E-state index < -0.39 is 0 Å². The Balaban J connectivity index is 1.27. The number of nitrogens with zero attached hydrogens (tertiary/aromatic N) is 4. The lowest BCUT2D eigenvalue weighted by molar-refractivity contribution is 1.09. The minimum absolute atomic E-state index is 0.840. The topological polar surface area (TPSA) is 35.6 Å². The summed E-state index contributed by atoms with van der Waals surface area (Å²) in [7, 11) is 0. The minimum Gasteiger partial charge on any atom is -0.309 e.